The quantitative estimate of drug-likeness (QED) is 0.783. The Hall–Kier alpha value is -1.50. The molecule has 0 heterocycles. The van der Waals surface area contributed by atoms with E-state index in [-0.39, 0.29) is 0 Å². The Morgan fingerprint density at radius 1 is 1.38 bits per heavy atom. The van der Waals surface area contributed by atoms with Crippen molar-refractivity contribution in [2.45, 2.75) is 32.7 Å². The van der Waals surface area contributed by atoms with Crippen LogP contribution >= 0.6 is 0 Å². The van der Waals surface area contributed by atoms with Crippen molar-refractivity contribution >= 4 is 0 Å². The van der Waals surface area contributed by atoms with E-state index in [0.29, 0.717) is 6.54 Å². The number of nitrogens with zero attached hydrogens (tertiary/aromatic N) is 1. The smallest absolute Gasteiger partial charge is 0.123 e. The van der Waals surface area contributed by atoms with Crippen LogP contribution in [0.5, 0.6) is 5.75 Å². The van der Waals surface area contributed by atoms with E-state index in [1.54, 1.807) is 7.11 Å². The van der Waals surface area contributed by atoms with E-state index < -0.39 is 0 Å². The summed E-state index contributed by atoms with van der Waals surface area (Å²) >= 11 is 0. The molecule has 0 bridgehead atoms. The molecule has 0 atom stereocenters. The van der Waals surface area contributed by atoms with Crippen molar-refractivity contribution in [1.82, 2.24) is 4.90 Å². The normalized spacial score (nSPS) is 13.9. The summed E-state index contributed by atoms with van der Waals surface area (Å²) in [6.45, 7) is 5.91. The molecule has 1 aliphatic carbocycles. The van der Waals surface area contributed by atoms with Gasteiger partial charge in [0.1, 0.15) is 5.75 Å². The molecule has 1 aromatic carbocycles. The van der Waals surface area contributed by atoms with Gasteiger partial charge in [0.25, 0.3) is 0 Å². The van der Waals surface area contributed by atoms with Gasteiger partial charge in [-0.3, -0.25) is 4.90 Å². The highest BCUT2D eigenvalue weighted by molar-refractivity contribution is 5.44. The van der Waals surface area contributed by atoms with Gasteiger partial charge in [-0.05, 0) is 49.9 Å². The first-order valence-electron chi connectivity index (χ1n) is 7.85. The van der Waals surface area contributed by atoms with E-state index >= 15 is 0 Å². The van der Waals surface area contributed by atoms with Crippen LogP contribution in [0, 0.1) is 17.8 Å². The summed E-state index contributed by atoms with van der Waals surface area (Å²) in [6, 6.07) is 6.14. The average molecular weight is 286 g/mol. The largest absolute Gasteiger partial charge is 0.496 e. The monoisotopic (exact) mass is 286 g/mol. The summed E-state index contributed by atoms with van der Waals surface area (Å²) in [4.78, 5) is 2.54. The summed E-state index contributed by atoms with van der Waals surface area (Å²) in [5.41, 5.74) is 7.68. The lowest BCUT2D eigenvalue weighted by atomic mass is 10.1. The van der Waals surface area contributed by atoms with Gasteiger partial charge < -0.3 is 10.5 Å². The number of nitrogens with two attached hydrogens (primary N) is 1. The average Bonchev–Trinajstić information content (AvgIpc) is 3.29. The van der Waals surface area contributed by atoms with Crippen molar-refractivity contribution in [1.29, 1.82) is 0 Å². The second kappa shape index (κ2) is 8.07. The molecule has 0 saturated heterocycles. The third-order valence-electron chi connectivity index (χ3n) is 3.76. The van der Waals surface area contributed by atoms with Gasteiger partial charge in [0.15, 0.2) is 0 Å². The van der Waals surface area contributed by atoms with Crippen molar-refractivity contribution in [2.24, 2.45) is 11.7 Å². The summed E-state index contributed by atoms with van der Waals surface area (Å²) in [7, 11) is 1.73. The fourth-order valence-electron chi connectivity index (χ4n) is 2.59. The van der Waals surface area contributed by atoms with Gasteiger partial charge >= 0.3 is 0 Å². The molecule has 0 spiro atoms. The van der Waals surface area contributed by atoms with Crippen LogP contribution in [0.15, 0.2) is 18.2 Å². The Kier molecular flexibility index (Phi) is 6.10. The van der Waals surface area contributed by atoms with Crippen molar-refractivity contribution in [3.05, 3.63) is 29.3 Å². The standard InChI is InChI=1S/C18H26N2O/c1-3-11-20(13-16-6-7-16)14-17-12-15(5-4-10-19)8-9-18(17)21-2/h8-9,12,16H,3,6-7,10-11,13-14,19H2,1-2H3. The van der Waals surface area contributed by atoms with Crippen molar-refractivity contribution < 1.29 is 4.74 Å². The molecular weight excluding hydrogens is 260 g/mol. The van der Waals surface area contributed by atoms with E-state index in [1.165, 1.54) is 31.4 Å². The van der Waals surface area contributed by atoms with Crippen LogP contribution in [-0.2, 0) is 6.54 Å². The minimum Gasteiger partial charge on any atom is -0.496 e. The first-order chi connectivity index (χ1) is 10.3. The molecule has 1 aliphatic rings. The van der Waals surface area contributed by atoms with Crippen LogP contribution in [-0.4, -0.2) is 31.6 Å². The number of ether oxygens (including phenoxy) is 1. The van der Waals surface area contributed by atoms with Crippen LogP contribution < -0.4 is 10.5 Å². The van der Waals surface area contributed by atoms with Crippen molar-refractivity contribution in [2.75, 3.05) is 26.7 Å². The van der Waals surface area contributed by atoms with Crippen LogP contribution in [0.3, 0.4) is 0 Å². The van der Waals surface area contributed by atoms with E-state index in [2.05, 4.69) is 29.7 Å². The van der Waals surface area contributed by atoms with Gasteiger partial charge in [0.2, 0.25) is 0 Å². The first-order valence-corrected chi connectivity index (χ1v) is 7.85. The third kappa shape index (κ3) is 5.08. The molecule has 3 nitrogen and oxygen atoms in total. The summed E-state index contributed by atoms with van der Waals surface area (Å²) < 4.78 is 5.50. The fourth-order valence-corrected chi connectivity index (χ4v) is 2.59. The second-order valence-corrected chi connectivity index (χ2v) is 5.71. The molecule has 114 valence electrons. The lowest BCUT2D eigenvalue weighted by Gasteiger charge is -2.23. The molecule has 1 aromatic rings. The Morgan fingerprint density at radius 2 is 2.19 bits per heavy atom. The molecule has 0 amide bonds. The first kappa shape index (κ1) is 15.9. The van der Waals surface area contributed by atoms with Crippen LogP contribution in [0.25, 0.3) is 0 Å². The zero-order valence-electron chi connectivity index (χ0n) is 13.2. The molecule has 1 fully saturated rings. The highest BCUT2D eigenvalue weighted by atomic mass is 16.5. The van der Waals surface area contributed by atoms with Gasteiger partial charge in [0.05, 0.1) is 13.7 Å². The van der Waals surface area contributed by atoms with Gasteiger partial charge in [-0.25, -0.2) is 0 Å². The maximum atomic E-state index is 5.50. The van der Waals surface area contributed by atoms with Gasteiger partial charge in [-0.1, -0.05) is 18.8 Å². The number of methoxy groups -OCH3 is 1. The molecule has 0 unspecified atom stereocenters. The lowest BCUT2D eigenvalue weighted by molar-refractivity contribution is 0.251. The third-order valence-corrected chi connectivity index (χ3v) is 3.76. The predicted octanol–water partition coefficient (Wildman–Crippen LogP) is 2.63. The maximum Gasteiger partial charge on any atom is 0.123 e. The summed E-state index contributed by atoms with van der Waals surface area (Å²) in [5.74, 6) is 7.87. The van der Waals surface area contributed by atoms with E-state index in [1.807, 2.05) is 12.1 Å². The minimum absolute atomic E-state index is 0.394. The molecule has 0 radical (unpaired) electrons. The number of benzene rings is 1. The predicted molar refractivity (Wildman–Crippen MR) is 87.2 cm³/mol. The SMILES string of the molecule is CCCN(Cc1cc(C#CCN)ccc1OC)CC1CC1. The number of hydrogen-bond donors (Lipinski definition) is 1. The van der Waals surface area contributed by atoms with Crippen molar-refractivity contribution in [3.63, 3.8) is 0 Å². The van der Waals surface area contributed by atoms with Gasteiger partial charge in [-0.2, -0.15) is 0 Å². The van der Waals surface area contributed by atoms with Crippen LogP contribution in [0.2, 0.25) is 0 Å². The van der Waals surface area contributed by atoms with Crippen molar-refractivity contribution in [3.8, 4) is 17.6 Å². The highest BCUT2D eigenvalue weighted by Crippen LogP contribution is 2.31. The molecule has 0 aromatic heterocycles. The van der Waals surface area contributed by atoms with Gasteiger partial charge in [-0.15, -0.1) is 0 Å². The maximum absolute atomic E-state index is 5.50. The lowest BCUT2D eigenvalue weighted by Crippen LogP contribution is -2.26. The summed E-state index contributed by atoms with van der Waals surface area (Å²) in [6.07, 6.45) is 3.96. The van der Waals surface area contributed by atoms with Crippen LogP contribution in [0.1, 0.15) is 37.3 Å². The molecule has 1 saturated carbocycles. The minimum atomic E-state index is 0.394. The Bertz CT molecular complexity index is 512. The van der Waals surface area contributed by atoms with Gasteiger partial charge in [0, 0.05) is 24.2 Å². The Balaban J connectivity index is 2.13. The molecule has 0 aliphatic heterocycles. The number of hydrogen-bond acceptors (Lipinski definition) is 3. The van der Waals surface area contributed by atoms with E-state index in [4.69, 9.17) is 10.5 Å². The topological polar surface area (TPSA) is 38.5 Å². The Labute approximate surface area is 128 Å². The molecular formula is C18H26N2O. The van der Waals surface area contributed by atoms with Crippen LogP contribution in [0.4, 0.5) is 0 Å². The van der Waals surface area contributed by atoms with E-state index in [9.17, 15) is 0 Å². The fraction of sp³-hybridized carbons (Fsp3) is 0.556. The zero-order valence-corrected chi connectivity index (χ0v) is 13.2. The summed E-state index contributed by atoms with van der Waals surface area (Å²) in [5, 5.41) is 0. The Morgan fingerprint density at radius 3 is 2.81 bits per heavy atom. The second-order valence-electron chi connectivity index (χ2n) is 5.71. The molecule has 3 heteroatoms. The molecule has 2 rings (SSSR count). The zero-order chi connectivity index (χ0) is 15.1. The molecule has 2 N–H and O–H groups in total. The van der Waals surface area contributed by atoms with E-state index in [0.717, 1.165) is 30.3 Å². The highest BCUT2D eigenvalue weighted by Gasteiger charge is 2.24. The number of rotatable bonds is 7. The molecule has 21 heavy (non-hydrogen) atoms.